The van der Waals surface area contributed by atoms with Crippen molar-refractivity contribution in [3.63, 3.8) is 0 Å². The molecule has 0 aromatic heterocycles. The lowest BCUT2D eigenvalue weighted by Crippen LogP contribution is -2.45. The average Bonchev–Trinajstić information content (AvgIpc) is 2.81. The highest BCUT2D eigenvalue weighted by Crippen LogP contribution is 2.29. The Hall–Kier alpha value is -2.33. The molecule has 0 heterocycles. The number of urea groups is 1. The van der Waals surface area contributed by atoms with Crippen LogP contribution in [0.15, 0.2) is 42.5 Å². The summed E-state index contributed by atoms with van der Waals surface area (Å²) in [7, 11) is 0. The molecule has 3 rings (SSSR count). The van der Waals surface area contributed by atoms with Gasteiger partial charge in [0, 0.05) is 25.1 Å². The number of benzene rings is 2. The molecule has 0 spiro atoms. The van der Waals surface area contributed by atoms with Crippen molar-refractivity contribution in [1.29, 1.82) is 0 Å². The number of aliphatic hydroxyl groups is 1. The predicted molar refractivity (Wildman–Crippen MR) is 91.7 cm³/mol. The van der Waals surface area contributed by atoms with Crippen molar-refractivity contribution in [2.45, 2.75) is 32.3 Å². The minimum atomic E-state index is -0.899. The van der Waals surface area contributed by atoms with Gasteiger partial charge in [0.25, 0.3) is 0 Å². The molecule has 1 aliphatic rings. The fraction of sp³-hybridized carbons (Fsp3) is 0.316. The van der Waals surface area contributed by atoms with Gasteiger partial charge in [-0.25, -0.2) is 4.79 Å². The summed E-state index contributed by atoms with van der Waals surface area (Å²) >= 11 is 0. The summed E-state index contributed by atoms with van der Waals surface area (Å²) in [6, 6.07) is 13.6. The van der Waals surface area contributed by atoms with Crippen molar-refractivity contribution < 1.29 is 9.90 Å². The molecule has 0 saturated heterocycles. The van der Waals surface area contributed by atoms with Crippen LogP contribution in [0.2, 0.25) is 0 Å². The number of hydrogen-bond acceptors (Lipinski definition) is 2. The van der Waals surface area contributed by atoms with Crippen LogP contribution in [0.4, 0.5) is 10.5 Å². The number of hydrogen-bond donors (Lipinski definition) is 3. The van der Waals surface area contributed by atoms with E-state index in [1.807, 2.05) is 50.2 Å². The van der Waals surface area contributed by atoms with E-state index in [2.05, 4.69) is 16.7 Å². The third kappa shape index (κ3) is 3.71. The minimum Gasteiger partial charge on any atom is -0.387 e. The zero-order chi connectivity index (χ0) is 16.4. The third-order valence-electron chi connectivity index (χ3n) is 4.21. The van der Waals surface area contributed by atoms with Crippen LogP contribution < -0.4 is 10.6 Å². The number of rotatable bonds is 3. The van der Waals surface area contributed by atoms with E-state index in [9.17, 15) is 9.90 Å². The second-order valence-electron chi connectivity index (χ2n) is 6.53. The summed E-state index contributed by atoms with van der Waals surface area (Å²) < 4.78 is 0. The van der Waals surface area contributed by atoms with Crippen molar-refractivity contribution >= 4 is 11.7 Å². The molecule has 2 aromatic carbocycles. The van der Waals surface area contributed by atoms with Crippen LogP contribution in [-0.4, -0.2) is 23.3 Å². The van der Waals surface area contributed by atoms with Gasteiger partial charge in [-0.2, -0.15) is 0 Å². The van der Waals surface area contributed by atoms with Crippen molar-refractivity contribution in [1.82, 2.24) is 5.32 Å². The maximum Gasteiger partial charge on any atom is 0.319 e. The van der Waals surface area contributed by atoms with Gasteiger partial charge in [0.15, 0.2) is 0 Å². The molecule has 2 amide bonds. The number of fused-ring (bicyclic) bond motifs is 1. The summed E-state index contributed by atoms with van der Waals surface area (Å²) in [5.41, 5.74) is 4.39. The molecule has 3 N–H and O–H groups in total. The largest absolute Gasteiger partial charge is 0.387 e. The van der Waals surface area contributed by atoms with Crippen LogP contribution >= 0.6 is 0 Å². The molecule has 2 aromatic rings. The van der Waals surface area contributed by atoms with E-state index in [1.165, 1.54) is 0 Å². The fourth-order valence-corrected chi connectivity index (χ4v) is 3.27. The molecular formula is C19H22N2O2. The lowest BCUT2D eigenvalue weighted by atomic mass is 10.0. The normalized spacial score (nSPS) is 15.1. The highest BCUT2D eigenvalue weighted by atomic mass is 16.3. The van der Waals surface area contributed by atoms with E-state index < -0.39 is 5.60 Å². The van der Waals surface area contributed by atoms with Gasteiger partial charge in [0.2, 0.25) is 0 Å². The highest BCUT2D eigenvalue weighted by molar-refractivity contribution is 5.89. The average molecular weight is 310 g/mol. The van der Waals surface area contributed by atoms with E-state index in [-0.39, 0.29) is 12.6 Å². The summed E-state index contributed by atoms with van der Waals surface area (Å²) in [4.78, 5) is 12.1. The topological polar surface area (TPSA) is 61.4 Å². The fourth-order valence-electron chi connectivity index (χ4n) is 3.27. The van der Waals surface area contributed by atoms with Crippen LogP contribution in [0.25, 0.3) is 0 Å². The van der Waals surface area contributed by atoms with Crippen LogP contribution in [0, 0.1) is 13.8 Å². The Balaban J connectivity index is 1.57. The first-order valence-electron chi connectivity index (χ1n) is 7.86. The molecule has 0 aliphatic heterocycles. The predicted octanol–water partition coefficient (Wildman–Crippen LogP) is 2.95. The van der Waals surface area contributed by atoms with Gasteiger partial charge >= 0.3 is 6.03 Å². The van der Waals surface area contributed by atoms with E-state index >= 15 is 0 Å². The molecular weight excluding hydrogens is 288 g/mol. The summed E-state index contributed by atoms with van der Waals surface area (Å²) in [6.07, 6.45) is 1.15. The molecule has 1 aliphatic carbocycles. The number of carbonyl (C=O) groups is 1. The maximum atomic E-state index is 12.1. The lowest BCUT2D eigenvalue weighted by Gasteiger charge is -2.22. The summed E-state index contributed by atoms with van der Waals surface area (Å²) in [5, 5.41) is 16.3. The molecule has 0 unspecified atom stereocenters. The summed E-state index contributed by atoms with van der Waals surface area (Å²) in [6.45, 7) is 4.22. The molecule has 0 fully saturated rings. The van der Waals surface area contributed by atoms with Crippen LogP contribution in [0.3, 0.4) is 0 Å². The molecule has 0 bridgehead atoms. The van der Waals surface area contributed by atoms with Gasteiger partial charge in [0.05, 0.1) is 5.60 Å². The Morgan fingerprint density at radius 1 is 1.09 bits per heavy atom. The first kappa shape index (κ1) is 15.6. The molecule has 4 heteroatoms. The number of amides is 2. The Kier molecular flexibility index (Phi) is 4.09. The zero-order valence-electron chi connectivity index (χ0n) is 13.5. The maximum absolute atomic E-state index is 12.1. The highest BCUT2D eigenvalue weighted by Gasteiger charge is 2.35. The van der Waals surface area contributed by atoms with Crippen LogP contribution in [0.1, 0.15) is 22.3 Å². The smallest absolute Gasteiger partial charge is 0.319 e. The lowest BCUT2D eigenvalue weighted by molar-refractivity contribution is 0.0541. The van der Waals surface area contributed by atoms with Gasteiger partial charge < -0.3 is 15.7 Å². The van der Waals surface area contributed by atoms with E-state index in [0.29, 0.717) is 12.8 Å². The second-order valence-corrected chi connectivity index (χ2v) is 6.53. The molecule has 120 valence electrons. The number of nitrogens with one attached hydrogen (secondary N) is 2. The quantitative estimate of drug-likeness (QED) is 0.816. The number of carbonyl (C=O) groups excluding carboxylic acids is 1. The Morgan fingerprint density at radius 3 is 2.22 bits per heavy atom. The van der Waals surface area contributed by atoms with Crippen LogP contribution in [-0.2, 0) is 12.8 Å². The van der Waals surface area contributed by atoms with Gasteiger partial charge in [-0.1, -0.05) is 30.3 Å². The first-order valence-corrected chi connectivity index (χ1v) is 7.86. The van der Waals surface area contributed by atoms with Gasteiger partial charge in [-0.3, -0.25) is 0 Å². The Labute approximate surface area is 136 Å². The van der Waals surface area contributed by atoms with Crippen molar-refractivity contribution in [2.75, 3.05) is 11.9 Å². The first-order chi connectivity index (χ1) is 10.9. The molecule has 0 atom stereocenters. The standard InChI is InChI=1S/C19H22N2O2/c1-13-7-14(2)9-17(8-13)21-18(22)20-12-19(23)10-15-5-3-4-6-16(15)11-19/h3-9,23H,10-12H2,1-2H3,(H2,20,21,22). The SMILES string of the molecule is Cc1cc(C)cc(NC(=O)NCC2(O)Cc3ccccc3C2)c1. The third-order valence-corrected chi connectivity index (χ3v) is 4.21. The molecule has 23 heavy (non-hydrogen) atoms. The monoisotopic (exact) mass is 310 g/mol. The minimum absolute atomic E-state index is 0.234. The van der Waals surface area contributed by atoms with E-state index in [1.54, 1.807) is 0 Å². The van der Waals surface area contributed by atoms with Crippen molar-refractivity contribution in [2.24, 2.45) is 0 Å². The van der Waals surface area contributed by atoms with E-state index in [4.69, 9.17) is 0 Å². The molecule has 0 radical (unpaired) electrons. The molecule has 4 nitrogen and oxygen atoms in total. The van der Waals surface area contributed by atoms with Crippen molar-refractivity contribution in [3.8, 4) is 0 Å². The van der Waals surface area contributed by atoms with Crippen LogP contribution in [0.5, 0.6) is 0 Å². The molecule has 0 saturated carbocycles. The van der Waals surface area contributed by atoms with Crippen molar-refractivity contribution in [3.05, 3.63) is 64.7 Å². The Bertz CT molecular complexity index is 695. The van der Waals surface area contributed by atoms with Gasteiger partial charge in [0.1, 0.15) is 0 Å². The van der Waals surface area contributed by atoms with Gasteiger partial charge in [-0.05, 0) is 48.2 Å². The zero-order valence-corrected chi connectivity index (χ0v) is 13.5. The number of aryl methyl sites for hydroxylation is 2. The second kappa shape index (κ2) is 6.05. The number of anilines is 1. The van der Waals surface area contributed by atoms with E-state index in [0.717, 1.165) is 27.9 Å². The summed E-state index contributed by atoms with van der Waals surface area (Å²) in [5.74, 6) is 0. The Morgan fingerprint density at radius 2 is 1.65 bits per heavy atom. The van der Waals surface area contributed by atoms with Gasteiger partial charge in [-0.15, -0.1) is 0 Å².